The zero-order valence-electron chi connectivity index (χ0n) is 78.4. The molecular weight excluding hydrogens is 1950 g/mol. The Kier molecular flexibility index (Phi) is 113. The molecule has 0 aromatic heterocycles. The van der Waals surface area contributed by atoms with Crippen LogP contribution in [0, 0.1) is 0 Å². The van der Waals surface area contributed by atoms with E-state index in [1.165, 1.54) is 212 Å². The van der Waals surface area contributed by atoms with Crippen molar-refractivity contribution in [1.82, 2.24) is 9.34 Å². The van der Waals surface area contributed by atoms with Crippen molar-refractivity contribution < 1.29 is 209 Å². The second-order valence-electron chi connectivity index (χ2n) is 29.6. The van der Waals surface area contributed by atoms with Crippen LogP contribution in [0.1, 0.15) is 262 Å². The van der Waals surface area contributed by atoms with Crippen LogP contribution in [-0.4, -0.2) is 189 Å². The van der Waals surface area contributed by atoms with Crippen molar-refractivity contribution in [2.24, 2.45) is 0 Å². The molecule has 0 aliphatic rings. The van der Waals surface area contributed by atoms with Crippen LogP contribution in [0.2, 0.25) is 0 Å². The van der Waals surface area contributed by atoms with Crippen molar-refractivity contribution in [3.8, 4) is 28.7 Å². The molecule has 0 heterocycles. The molecule has 0 saturated heterocycles. The van der Waals surface area contributed by atoms with Crippen LogP contribution >= 0.6 is 59.7 Å². The Bertz CT molecular complexity index is 4070. The van der Waals surface area contributed by atoms with Crippen molar-refractivity contribution in [3.63, 3.8) is 0 Å². The standard InChI is InChI=1S/C38H63O4P.C10H17N2O5PS.2C8H11O5PS.4C4H11O2P.10CH4.3Na/c1-4-7-9-11-13-15-17-19-21-23-25-35-27-31-37(32-28-35)41-43(39,40-6-3)42-38-33-29-36(30-34-38)26-24-22-20-18-16-14-12-10-8-5-2;1-11(2)18(13,12(3)4)17-9-5-7-10(8-6-9)19(14,15)16;2*1-14(2,9)13-7-3-5-8(6-4-7)15(10,11)12;4*1-4-6-7(2,3)5;;;;;;;;;;;;;/h27-34H,4-26H2,1-3H3;5-8H,1-4H3,(H,14,15,16);2*3-6H,1-2H3,(H,10,11,12);4*4H2,1-3H3;10*1H4;;;/q;;;;;;;;;;;;;;;;;;3*+1/p-3. The quantitative estimate of drug-likeness (QED) is 0.0151. The molecule has 0 aliphatic heterocycles. The van der Waals surface area contributed by atoms with Gasteiger partial charge in [0.05, 0.1) is 47.7 Å². The van der Waals surface area contributed by atoms with Crippen LogP contribution in [0.5, 0.6) is 28.7 Å². The molecular formula is C90H183N2Na3O27P8S3. The topological polar surface area (TPSA) is 407 Å². The Morgan fingerprint density at radius 2 is 0.421 bits per heavy atom. The van der Waals surface area contributed by atoms with Crippen molar-refractivity contribution in [2.45, 2.75) is 279 Å². The van der Waals surface area contributed by atoms with Crippen LogP contribution in [-0.2, 0) is 102 Å². The summed E-state index contributed by atoms with van der Waals surface area (Å²) < 4.78 is 241. The van der Waals surface area contributed by atoms with Crippen LogP contribution in [0.3, 0.4) is 0 Å². The minimum absolute atomic E-state index is 0. The molecule has 0 saturated carbocycles. The van der Waals surface area contributed by atoms with Crippen molar-refractivity contribution in [1.29, 1.82) is 0 Å². The summed E-state index contributed by atoms with van der Waals surface area (Å²) in [5.74, 6) is 1.77. The van der Waals surface area contributed by atoms with Crippen LogP contribution in [0.4, 0.5) is 0 Å². The molecule has 0 fully saturated rings. The van der Waals surface area contributed by atoms with Gasteiger partial charge in [-0.25, -0.2) is 43.7 Å². The molecule has 29 nitrogen and oxygen atoms in total. The van der Waals surface area contributed by atoms with E-state index in [0.29, 0.717) is 37.9 Å². The number of nitrogens with zero attached hydrogens (tertiary/aromatic N) is 2. The number of rotatable bonds is 47. The predicted octanol–water partition coefficient (Wildman–Crippen LogP) is 21.0. The molecule has 0 unspecified atom stereocenters. The second kappa shape index (κ2) is 89.0. The van der Waals surface area contributed by atoms with Gasteiger partial charge in [0.2, 0.25) is 14.7 Å². The third kappa shape index (κ3) is 99.9. The Hall–Kier alpha value is -0.610. The fraction of sp³-hybridized carbons (Fsp3) is 0.667. The third-order valence-electron chi connectivity index (χ3n) is 15.2. The number of phosphoric ester groups is 1. The Labute approximate surface area is 881 Å². The van der Waals surface area contributed by atoms with E-state index in [-0.39, 0.29) is 201 Å². The maximum atomic E-state index is 13.4. The van der Waals surface area contributed by atoms with E-state index in [4.69, 9.17) is 45.2 Å². The average Bonchev–Trinajstić information content (AvgIpc) is 0.817. The summed E-state index contributed by atoms with van der Waals surface area (Å²) in [5, 5.41) is 0. The second-order valence-corrected chi connectivity index (χ2v) is 54.5. The summed E-state index contributed by atoms with van der Waals surface area (Å²) in [6.07, 6.45) is 29.0. The molecule has 133 heavy (non-hydrogen) atoms. The molecule has 43 heteroatoms. The smallest absolute Gasteiger partial charge is 0.744 e. The Morgan fingerprint density at radius 1 is 0.248 bits per heavy atom. The van der Waals surface area contributed by atoms with Gasteiger partial charge in [-0.2, -0.15) is 0 Å². The van der Waals surface area contributed by atoms with Gasteiger partial charge in [0, 0.05) is 80.0 Å². The first-order valence-electron chi connectivity index (χ1n) is 40.2. The molecule has 0 aliphatic carbocycles. The maximum absolute atomic E-state index is 13.4. The number of hydrogen-bond donors (Lipinski definition) is 0. The average molecular weight is 2140 g/mol. The molecule has 0 radical (unpaired) electrons. The predicted molar refractivity (Wildman–Crippen MR) is 555 cm³/mol. The van der Waals surface area contributed by atoms with Gasteiger partial charge in [-0.3, -0.25) is 31.9 Å². The molecule has 0 N–H and O–H groups in total. The summed E-state index contributed by atoms with van der Waals surface area (Å²) in [7, 11) is -27.9. The van der Waals surface area contributed by atoms with Gasteiger partial charge in [-0.1, -0.05) is 228 Å². The van der Waals surface area contributed by atoms with Gasteiger partial charge < -0.3 is 54.4 Å². The Balaban J connectivity index is -0.0000000920. The first-order chi connectivity index (χ1) is 55.3. The molecule has 0 bridgehead atoms. The number of aryl methyl sites for hydroxylation is 2. The van der Waals surface area contributed by atoms with E-state index >= 15 is 0 Å². The summed E-state index contributed by atoms with van der Waals surface area (Å²) >= 11 is 0. The van der Waals surface area contributed by atoms with Crippen LogP contribution in [0.25, 0.3) is 0 Å². The first kappa shape index (κ1) is 169. The number of phosphoric acid groups is 1. The molecule has 776 valence electrons. The SMILES string of the molecule is C.C.C.C.C.C.C.C.C.C.CCCCCCCCCCCCc1ccc(OP(=O)(OCC)Oc2ccc(CCCCCCCCCCCC)cc2)cc1.CCOP(C)(C)=O.CCOP(C)(C)=O.CCOP(C)(C)=O.CCOP(C)(C)=O.CN(C)P(=O)(Oc1ccc(S(=O)(=O)[O-])cc1)N(C)C.CP(C)(=O)Oc1ccc(S(=O)(=O)[O-])cc1.CP(C)(=O)Oc1ccc(S(=O)(=O)[O-])cc1.[Na+].[Na+].[Na+]. The molecule has 0 spiro atoms. The van der Waals surface area contributed by atoms with E-state index in [1.807, 2.05) is 52.0 Å². The van der Waals surface area contributed by atoms with Gasteiger partial charge in [-0.15, -0.1) is 0 Å². The first-order valence-corrected chi connectivity index (χ1v) is 62.5. The summed E-state index contributed by atoms with van der Waals surface area (Å²) in [6.45, 7) is 34.7. The zero-order chi connectivity index (χ0) is 92.7. The number of benzene rings is 5. The summed E-state index contributed by atoms with van der Waals surface area (Å²) in [4.78, 5) is -1.03. The summed E-state index contributed by atoms with van der Waals surface area (Å²) in [6, 6.07) is 30.2. The van der Waals surface area contributed by atoms with Crippen molar-refractivity contribution >= 4 is 90.1 Å². The molecule has 0 amide bonds. The number of unbranched alkanes of at least 4 members (excludes halogenated alkanes) is 18. The van der Waals surface area contributed by atoms with Crippen LogP contribution < -0.4 is 111 Å². The van der Waals surface area contributed by atoms with Crippen LogP contribution in [0.15, 0.2) is 136 Å². The van der Waals surface area contributed by atoms with Crippen molar-refractivity contribution in [3.05, 3.63) is 132 Å². The molecule has 5 aromatic carbocycles. The van der Waals surface area contributed by atoms with E-state index in [2.05, 4.69) is 38.1 Å². The largest absolute Gasteiger partial charge is 1.00 e. The fourth-order valence-electron chi connectivity index (χ4n) is 9.97. The monoisotopic (exact) mass is 2140 g/mol. The normalized spacial score (nSPS) is 10.9. The Morgan fingerprint density at radius 3 is 0.579 bits per heavy atom. The van der Waals surface area contributed by atoms with Gasteiger partial charge in [-0.05, 0) is 197 Å². The van der Waals surface area contributed by atoms with Gasteiger partial charge in [0.15, 0.2) is 29.5 Å². The minimum atomic E-state index is -4.49. The molecule has 0 atom stereocenters. The zero-order valence-corrected chi connectivity index (χ0v) is 94.0. The molecule has 5 rings (SSSR count). The maximum Gasteiger partial charge on any atom is 1.00 e. The third-order valence-corrected chi connectivity index (χ3v) is 26.5. The van der Waals surface area contributed by atoms with E-state index in [9.17, 15) is 75.4 Å². The van der Waals surface area contributed by atoms with Gasteiger partial charge >= 0.3 is 104 Å². The van der Waals surface area contributed by atoms with E-state index in [0.717, 1.165) is 49.2 Å². The number of hydrogen-bond acceptors (Lipinski definition) is 27. The van der Waals surface area contributed by atoms with E-state index in [1.54, 1.807) is 88.4 Å². The minimum Gasteiger partial charge on any atom is -0.744 e. The summed E-state index contributed by atoms with van der Waals surface area (Å²) in [5.41, 5.74) is 2.55. The van der Waals surface area contributed by atoms with Crippen molar-refractivity contribution in [2.75, 3.05) is 141 Å². The van der Waals surface area contributed by atoms with E-state index < -0.39 is 90.1 Å². The fourth-order valence-corrected chi connectivity index (χ4v) is 17.8. The van der Waals surface area contributed by atoms with Gasteiger partial charge in [0.1, 0.15) is 59.1 Å². The van der Waals surface area contributed by atoms with Gasteiger partial charge in [0.25, 0.3) is 0 Å². The molecule has 5 aromatic rings.